The van der Waals surface area contributed by atoms with Crippen LogP contribution in [0.4, 0.5) is 20.2 Å². The van der Waals surface area contributed by atoms with Crippen molar-refractivity contribution < 1.29 is 45.7 Å². The number of carbonyl (C=O) groups is 2. The molecule has 2 bridgehead atoms. The minimum atomic E-state index is -3.84. The summed E-state index contributed by atoms with van der Waals surface area (Å²) in [6.07, 6.45) is 6.02. The van der Waals surface area contributed by atoms with Crippen LogP contribution in [0.3, 0.4) is 0 Å². The van der Waals surface area contributed by atoms with Gasteiger partial charge in [-0.05, 0) is 97.6 Å². The van der Waals surface area contributed by atoms with Crippen LogP contribution in [0.25, 0.3) is 0 Å². The first-order chi connectivity index (χ1) is 27.8. The molecule has 0 radical (unpaired) electrons. The van der Waals surface area contributed by atoms with Gasteiger partial charge in [0.1, 0.15) is 12.2 Å². The maximum Gasteiger partial charge on any atom is 0.387 e. The van der Waals surface area contributed by atoms with E-state index in [4.69, 9.17) is 42.1 Å². The second-order valence-corrected chi connectivity index (χ2v) is 17.4. The van der Waals surface area contributed by atoms with Crippen molar-refractivity contribution in [2.45, 2.75) is 57.0 Å². The zero-order chi connectivity index (χ0) is 41.0. The number of hydrogen-bond donors (Lipinski definition) is 2. The molecule has 1 aromatic heterocycles. The fraction of sp³-hybridized carbons (Fsp3) is 0.390. The van der Waals surface area contributed by atoms with Gasteiger partial charge in [0.05, 0.1) is 34.2 Å². The Hall–Kier alpha value is -4.70. The standard InChI is InChI=1S/C41H42Cl2F2N4O8S/c1-58(52,53)48-30-16-28(15-29(18-30)47-38(26-5-3-2-4-6-26)40(51)56-37-22-49-13-11-25(37)12-14-49)39(50)55-35(19-31-32(42)20-46-21-33(31)43)27-9-10-34(57-41(44)45)36(17-27)54-23-24-7-8-24/h2-6,9-10,15-18,20-21,24-25,35,37-38,41,47-48H,7-8,11-14,19,22-23H2,1H3/t35-,37-,38?/m0/s1. The maximum atomic E-state index is 14.2. The molecular weight excluding hydrogens is 817 g/mol. The summed E-state index contributed by atoms with van der Waals surface area (Å²) in [7, 11) is -3.84. The van der Waals surface area contributed by atoms with Gasteiger partial charge >= 0.3 is 18.6 Å². The molecule has 4 aromatic rings. The molecule has 3 aliphatic heterocycles. The molecule has 1 aliphatic carbocycles. The molecule has 4 aliphatic rings. The number of ether oxygens (including phenoxy) is 4. The number of nitrogens with one attached hydrogen (secondary N) is 2. The largest absolute Gasteiger partial charge is 0.489 e. The van der Waals surface area contributed by atoms with Crippen molar-refractivity contribution in [3.63, 3.8) is 0 Å². The van der Waals surface area contributed by atoms with Crippen molar-refractivity contribution in [1.29, 1.82) is 0 Å². The molecule has 308 valence electrons. The van der Waals surface area contributed by atoms with E-state index in [-0.39, 0.29) is 69.4 Å². The van der Waals surface area contributed by atoms with Crippen molar-refractivity contribution in [1.82, 2.24) is 9.88 Å². The number of pyridine rings is 1. The van der Waals surface area contributed by atoms with Crippen LogP contribution in [0.2, 0.25) is 10.0 Å². The number of rotatable bonds is 17. The highest BCUT2D eigenvalue weighted by Crippen LogP contribution is 2.39. The number of anilines is 2. The number of esters is 2. The van der Waals surface area contributed by atoms with Crippen LogP contribution in [0.15, 0.2) is 79.1 Å². The highest BCUT2D eigenvalue weighted by atomic mass is 35.5. The van der Waals surface area contributed by atoms with E-state index in [1.807, 2.05) is 6.07 Å². The minimum Gasteiger partial charge on any atom is -0.489 e. The number of piperidine rings is 3. The van der Waals surface area contributed by atoms with Gasteiger partial charge in [-0.15, -0.1) is 0 Å². The summed E-state index contributed by atoms with van der Waals surface area (Å²) in [5, 5.41) is 3.57. The zero-order valence-corrected chi connectivity index (χ0v) is 33.7. The van der Waals surface area contributed by atoms with Gasteiger partial charge in [0.25, 0.3) is 0 Å². The molecule has 1 unspecified atom stereocenters. The Morgan fingerprint density at radius 2 is 1.62 bits per heavy atom. The summed E-state index contributed by atoms with van der Waals surface area (Å²) >= 11 is 13.0. The molecule has 2 N–H and O–H groups in total. The summed E-state index contributed by atoms with van der Waals surface area (Å²) < 4.78 is 77.0. The first-order valence-corrected chi connectivity index (χ1v) is 21.5. The Balaban J connectivity index is 1.22. The predicted molar refractivity (Wildman–Crippen MR) is 214 cm³/mol. The van der Waals surface area contributed by atoms with Gasteiger partial charge in [-0.2, -0.15) is 8.78 Å². The highest BCUT2D eigenvalue weighted by Gasteiger charge is 2.38. The van der Waals surface area contributed by atoms with E-state index in [1.54, 1.807) is 24.3 Å². The van der Waals surface area contributed by atoms with Gasteiger partial charge in [-0.25, -0.2) is 18.0 Å². The molecule has 3 saturated heterocycles. The Morgan fingerprint density at radius 1 is 0.914 bits per heavy atom. The van der Waals surface area contributed by atoms with Crippen LogP contribution in [0, 0.1) is 11.8 Å². The van der Waals surface area contributed by atoms with E-state index in [0.717, 1.165) is 45.0 Å². The lowest BCUT2D eigenvalue weighted by Crippen LogP contribution is -2.52. The average molecular weight is 860 g/mol. The molecule has 17 heteroatoms. The Labute approximate surface area is 345 Å². The first kappa shape index (κ1) is 41.5. The number of alkyl halides is 2. The second kappa shape index (κ2) is 18.1. The smallest absolute Gasteiger partial charge is 0.387 e. The number of halogens is 4. The minimum absolute atomic E-state index is 0.0121. The average Bonchev–Trinajstić information content (AvgIpc) is 4.02. The summed E-state index contributed by atoms with van der Waals surface area (Å²) in [5.41, 5.74) is 1.46. The fourth-order valence-corrected chi connectivity index (χ4v) is 8.29. The van der Waals surface area contributed by atoms with Crippen LogP contribution in [-0.2, 0) is 30.7 Å². The maximum absolute atomic E-state index is 14.2. The molecule has 4 fully saturated rings. The van der Waals surface area contributed by atoms with Gasteiger partial charge < -0.3 is 24.3 Å². The summed E-state index contributed by atoms with van der Waals surface area (Å²) in [6, 6.07) is 16.3. The van der Waals surface area contributed by atoms with E-state index in [9.17, 15) is 26.8 Å². The normalized spacial score (nSPS) is 19.9. The monoisotopic (exact) mass is 858 g/mol. The molecule has 58 heavy (non-hydrogen) atoms. The topological polar surface area (TPSA) is 145 Å². The summed E-state index contributed by atoms with van der Waals surface area (Å²) in [4.78, 5) is 34.5. The molecule has 3 aromatic carbocycles. The van der Waals surface area contributed by atoms with Gasteiger partial charge in [0, 0.05) is 31.0 Å². The second-order valence-electron chi connectivity index (χ2n) is 14.8. The Bertz CT molecular complexity index is 2210. The number of benzene rings is 3. The van der Waals surface area contributed by atoms with E-state index < -0.39 is 40.7 Å². The highest BCUT2D eigenvalue weighted by molar-refractivity contribution is 7.92. The third kappa shape index (κ3) is 10.9. The van der Waals surface area contributed by atoms with Crippen LogP contribution >= 0.6 is 23.2 Å². The van der Waals surface area contributed by atoms with Crippen LogP contribution < -0.4 is 19.5 Å². The van der Waals surface area contributed by atoms with Gasteiger partial charge in [0.15, 0.2) is 17.5 Å². The fourth-order valence-electron chi connectivity index (χ4n) is 7.22. The molecule has 4 heterocycles. The molecule has 0 spiro atoms. The first-order valence-electron chi connectivity index (χ1n) is 18.9. The number of sulfonamides is 1. The zero-order valence-electron chi connectivity index (χ0n) is 31.4. The molecule has 1 saturated carbocycles. The lowest BCUT2D eigenvalue weighted by atomic mass is 9.86. The number of nitrogens with zero attached hydrogens (tertiary/aromatic N) is 2. The van der Waals surface area contributed by atoms with E-state index in [2.05, 4.69) is 19.9 Å². The lowest BCUT2D eigenvalue weighted by molar-refractivity contribution is -0.159. The van der Waals surface area contributed by atoms with Gasteiger partial charge in [0.2, 0.25) is 10.0 Å². The summed E-state index contributed by atoms with van der Waals surface area (Å²) in [5.74, 6) is -1.05. The van der Waals surface area contributed by atoms with Crippen molar-refractivity contribution in [2.24, 2.45) is 11.8 Å². The van der Waals surface area contributed by atoms with Crippen LogP contribution in [-0.4, -0.2) is 75.5 Å². The molecule has 3 atom stereocenters. The predicted octanol–water partition coefficient (Wildman–Crippen LogP) is 8.08. The van der Waals surface area contributed by atoms with Gasteiger partial charge in [-0.3, -0.25) is 14.6 Å². The van der Waals surface area contributed by atoms with Gasteiger partial charge in [-0.1, -0.05) is 59.6 Å². The number of hydrogen-bond acceptors (Lipinski definition) is 11. The van der Waals surface area contributed by atoms with Crippen LogP contribution in [0.1, 0.15) is 64.9 Å². The Kier molecular flexibility index (Phi) is 12.9. The molecule has 12 nitrogen and oxygen atoms in total. The lowest BCUT2D eigenvalue weighted by Gasteiger charge is -2.44. The third-order valence-electron chi connectivity index (χ3n) is 10.3. The number of aromatic nitrogens is 1. The SMILES string of the molecule is CS(=O)(=O)Nc1cc(NC(C(=O)O[C@H]2CN3CCC2CC3)c2ccccc2)cc(C(=O)O[C@@H](Cc2c(Cl)cncc2Cl)c2ccc(OC(F)F)c(OCC3CC3)c2)c1. The van der Waals surface area contributed by atoms with Crippen molar-refractivity contribution in [3.05, 3.63) is 111 Å². The van der Waals surface area contributed by atoms with Crippen molar-refractivity contribution in [2.75, 3.05) is 42.5 Å². The van der Waals surface area contributed by atoms with E-state index >= 15 is 0 Å². The third-order valence-corrected chi connectivity index (χ3v) is 11.6. The molecule has 8 rings (SSSR count). The number of carbonyl (C=O) groups excluding carboxylic acids is 2. The van der Waals surface area contributed by atoms with E-state index in [0.29, 0.717) is 23.2 Å². The Morgan fingerprint density at radius 3 is 2.26 bits per heavy atom. The van der Waals surface area contributed by atoms with Crippen LogP contribution in [0.5, 0.6) is 11.5 Å². The number of fused-ring (bicyclic) bond motifs is 3. The van der Waals surface area contributed by atoms with Crippen molar-refractivity contribution >= 4 is 56.5 Å². The molecule has 0 amide bonds. The van der Waals surface area contributed by atoms with Crippen molar-refractivity contribution in [3.8, 4) is 11.5 Å². The van der Waals surface area contributed by atoms with E-state index in [1.165, 1.54) is 48.8 Å². The quantitative estimate of drug-likeness (QED) is 0.0995. The molecular formula is C41H42Cl2F2N4O8S. The summed E-state index contributed by atoms with van der Waals surface area (Å²) in [6.45, 7) is -0.251.